The molecule has 73 heavy (non-hydrogen) atoms. The van der Waals surface area contributed by atoms with E-state index in [1.807, 2.05) is 33.3 Å². The van der Waals surface area contributed by atoms with E-state index in [2.05, 4.69) is 38.2 Å². The molecule has 0 radical (unpaired) electrons. The number of hydrogen-bond donors (Lipinski definition) is 1. The molecule has 0 saturated heterocycles. The van der Waals surface area contributed by atoms with Crippen LogP contribution in [0.3, 0.4) is 0 Å². The second kappa shape index (κ2) is 53.9. The highest BCUT2D eigenvalue weighted by molar-refractivity contribution is 7.45. The molecule has 0 fully saturated rings. The Morgan fingerprint density at radius 2 is 0.795 bits per heavy atom. The minimum atomic E-state index is -4.69. The molecule has 0 aliphatic rings. The molecular weight excluding hydrogens is 928 g/mol. The first-order valence-electron chi connectivity index (χ1n) is 31.6. The van der Waals surface area contributed by atoms with Crippen molar-refractivity contribution < 1.29 is 37.3 Å². The van der Waals surface area contributed by atoms with Crippen LogP contribution >= 0.6 is 7.82 Å². The molecule has 0 aromatic rings. The molecule has 432 valence electrons. The third-order valence-corrected chi connectivity index (χ3v) is 15.3. The normalized spacial score (nSPS) is 13.8. The number of allylic oxidation sites excluding steroid dienone is 3. The maximum absolute atomic E-state index is 13.5. The van der Waals surface area contributed by atoms with Gasteiger partial charge in [-0.05, 0) is 57.4 Å². The summed E-state index contributed by atoms with van der Waals surface area (Å²) in [6.07, 6.45) is 62.9. The monoisotopic (exact) mass is 1050 g/mol. The molecule has 0 bridgehead atoms. The summed E-state index contributed by atoms with van der Waals surface area (Å²) in [6, 6.07) is -0.881. The van der Waals surface area contributed by atoms with Crippen LogP contribution in [0.2, 0.25) is 0 Å². The molecule has 3 atom stereocenters. The van der Waals surface area contributed by atoms with Gasteiger partial charge < -0.3 is 28.5 Å². The molecule has 0 aliphatic heterocycles. The highest BCUT2D eigenvalue weighted by atomic mass is 31.2. The largest absolute Gasteiger partial charge is 0.756 e. The Kier molecular flexibility index (Phi) is 52.8. The summed E-state index contributed by atoms with van der Waals surface area (Å²) in [5.74, 6) is -0.526. The standard InChI is InChI=1S/C63H123N2O7P/c1-7-10-13-16-19-22-25-27-28-29-30-31-32-33-34-35-36-38-41-43-46-49-52-55-62(66)64-60(59-71-73(68,69)70-58-57-65(4,5)6)61(54-51-48-45-42-40-37-26-23-20-17-14-11-8-2)72-63(67)56-53-50-47-44-39-24-21-18-15-12-9-3/h27-28,51,54,60-61H,7-26,29-50,52-53,55-59H2,1-6H3,(H-,64,66,68,69)/b28-27+,54-51+. The summed E-state index contributed by atoms with van der Waals surface area (Å²) in [7, 11) is 1.20. The Bertz CT molecular complexity index is 1300. The van der Waals surface area contributed by atoms with Gasteiger partial charge in [0.1, 0.15) is 19.3 Å². The van der Waals surface area contributed by atoms with Crippen molar-refractivity contribution in [2.75, 3.05) is 40.9 Å². The van der Waals surface area contributed by atoms with Crippen LogP contribution in [0, 0.1) is 0 Å². The zero-order chi connectivity index (χ0) is 53.6. The number of esters is 1. The first-order valence-corrected chi connectivity index (χ1v) is 33.1. The summed E-state index contributed by atoms with van der Waals surface area (Å²) >= 11 is 0. The van der Waals surface area contributed by atoms with Crippen LogP contribution in [0.25, 0.3) is 0 Å². The van der Waals surface area contributed by atoms with E-state index in [0.29, 0.717) is 17.4 Å². The number of unbranched alkanes of at least 4 members (excludes halogenated alkanes) is 40. The van der Waals surface area contributed by atoms with Crippen molar-refractivity contribution in [1.82, 2.24) is 5.32 Å². The first-order chi connectivity index (χ1) is 35.4. The fourth-order valence-electron chi connectivity index (χ4n) is 9.46. The maximum Gasteiger partial charge on any atom is 0.306 e. The van der Waals surface area contributed by atoms with Gasteiger partial charge >= 0.3 is 5.97 Å². The second-order valence-electron chi connectivity index (χ2n) is 22.9. The highest BCUT2D eigenvalue weighted by Gasteiger charge is 2.27. The summed E-state index contributed by atoms with van der Waals surface area (Å²) in [4.78, 5) is 39.9. The van der Waals surface area contributed by atoms with E-state index in [1.165, 1.54) is 225 Å². The summed E-state index contributed by atoms with van der Waals surface area (Å²) in [5, 5.41) is 3.04. The number of nitrogens with zero attached hydrogens (tertiary/aromatic N) is 1. The number of carbonyl (C=O) groups is 2. The number of phosphoric acid groups is 1. The van der Waals surface area contributed by atoms with Crippen LogP contribution in [-0.4, -0.2) is 69.4 Å². The van der Waals surface area contributed by atoms with Crippen LogP contribution < -0.4 is 10.2 Å². The van der Waals surface area contributed by atoms with Crippen molar-refractivity contribution in [3.63, 3.8) is 0 Å². The Morgan fingerprint density at radius 3 is 1.16 bits per heavy atom. The van der Waals surface area contributed by atoms with Gasteiger partial charge in [-0.1, -0.05) is 270 Å². The first kappa shape index (κ1) is 71.5. The van der Waals surface area contributed by atoms with Crippen molar-refractivity contribution in [3.8, 4) is 0 Å². The molecule has 3 unspecified atom stereocenters. The molecule has 0 aromatic carbocycles. The fraction of sp³-hybridized carbons (Fsp3) is 0.905. The van der Waals surface area contributed by atoms with Gasteiger partial charge in [0, 0.05) is 12.8 Å². The van der Waals surface area contributed by atoms with Gasteiger partial charge in [-0.2, -0.15) is 0 Å². The molecule has 1 N–H and O–H groups in total. The van der Waals surface area contributed by atoms with Crippen molar-refractivity contribution in [1.29, 1.82) is 0 Å². The lowest BCUT2D eigenvalue weighted by Crippen LogP contribution is -2.47. The zero-order valence-electron chi connectivity index (χ0n) is 49.4. The van der Waals surface area contributed by atoms with Crippen molar-refractivity contribution in [2.45, 2.75) is 328 Å². The average Bonchev–Trinajstić information content (AvgIpc) is 3.35. The van der Waals surface area contributed by atoms with E-state index in [1.54, 1.807) is 0 Å². The van der Waals surface area contributed by atoms with Gasteiger partial charge in [0.15, 0.2) is 0 Å². The lowest BCUT2D eigenvalue weighted by Gasteiger charge is -2.30. The Morgan fingerprint density at radius 1 is 0.466 bits per heavy atom. The van der Waals surface area contributed by atoms with Gasteiger partial charge in [0.2, 0.25) is 5.91 Å². The van der Waals surface area contributed by atoms with Crippen LogP contribution in [0.1, 0.15) is 316 Å². The molecular formula is C63H123N2O7P. The summed E-state index contributed by atoms with van der Waals surface area (Å²) < 4.78 is 30.3. The lowest BCUT2D eigenvalue weighted by molar-refractivity contribution is -0.870. The van der Waals surface area contributed by atoms with Gasteiger partial charge in [-0.3, -0.25) is 14.2 Å². The predicted octanol–water partition coefficient (Wildman–Crippen LogP) is 18.7. The van der Waals surface area contributed by atoms with Gasteiger partial charge in [0.05, 0.1) is 33.8 Å². The van der Waals surface area contributed by atoms with E-state index in [0.717, 1.165) is 57.8 Å². The molecule has 0 heterocycles. The van der Waals surface area contributed by atoms with Crippen molar-refractivity contribution in [3.05, 3.63) is 24.3 Å². The number of amides is 1. The minimum absolute atomic E-state index is 0.0185. The van der Waals surface area contributed by atoms with Crippen LogP contribution in [0.15, 0.2) is 24.3 Å². The van der Waals surface area contributed by atoms with Crippen LogP contribution in [-0.2, 0) is 27.9 Å². The number of carbonyl (C=O) groups excluding carboxylic acids is 2. The number of phosphoric ester groups is 1. The van der Waals surface area contributed by atoms with Gasteiger partial charge in [-0.15, -0.1) is 0 Å². The smallest absolute Gasteiger partial charge is 0.306 e. The lowest BCUT2D eigenvalue weighted by atomic mass is 10.0. The predicted molar refractivity (Wildman–Crippen MR) is 312 cm³/mol. The number of nitrogens with one attached hydrogen (secondary N) is 1. The molecule has 10 heteroatoms. The SMILES string of the molecule is CCCCCCCC/C=C/CCCCCCCCCCCCCCCC(=O)NC(COP(=O)([O-])OCC[N+](C)(C)C)C(/C=C/CCCCCCCCCCCCC)OC(=O)CCCCCCCCCCCCC. The second-order valence-corrected chi connectivity index (χ2v) is 24.3. The van der Waals surface area contributed by atoms with Crippen molar-refractivity contribution in [2.24, 2.45) is 0 Å². The van der Waals surface area contributed by atoms with E-state index >= 15 is 0 Å². The van der Waals surface area contributed by atoms with Gasteiger partial charge in [-0.25, -0.2) is 0 Å². The Labute approximate surface area is 454 Å². The molecule has 0 saturated carbocycles. The number of likely N-dealkylation sites (N-methyl/N-ethyl adjacent to an activating group) is 1. The minimum Gasteiger partial charge on any atom is -0.756 e. The maximum atomic E-state index is 13.5. The van der Waals surface area contributed by atoms with Crippen LogP contribution in [0.4, 0.5) is 0 Å². The number of hydrogen-bond acceptors (Lipinski definition) is 7. The third-order valence-electron chi connectivity index (χ3n) is 14.4. The Hall–Kier alpha value is -1.51. The van der Waals surface area contributed by atoms with Gasteiger partial charge in [0.25, 0.3) is 7.82 Å². The topological polar surface area (TPSA) is 114 Å². The number of ether oxygens (including phenoxy) is 1. The molecule has 0 aliphatic carbocycles. The van der Waals surface area contributed by atoms with E-state index in [9.17, 15) is 19.0 Å². The fourth-order valence-corrected chi connectivity index (χ4v) is 10.2. The van der Waals surface area contributed by atoms with E-state index in [4.69, 9.17) is 13.8 Å². The van der Waals surface area contributed by atoms with E-state index < -0.39 is 20.0 Å². The van der Waals surface area contributed by atoms with E-state index in [-0.39, 0.29) is 31.5 Å². The zero-order valence-corrected chi connectivity index (χ0v) is 50.3. The highest BCUT2D eigenvalue weighted by Crippen LogP contribution is 2.38. The molecule has 0 aromatic heterocycles. The van der Waals surface area contributed by atoms with Crippen molar-refractivity contribution >= 4 is 19.7 Å². The summed E-state index contributed by atoms with van der Waals surface area (Å²) in [5.41, 5.74) is 0. The Balaban J connectivity index is 5.10. The molecule has 0 rings (SSSR count). The number of rotatable bonds is 58. The summed E-state index contributed by atoms with van der Waals surface area (Å²) in [6.45, 7) is 6.87. The third kappa shape index (κ3) is 55.1. The molecule has 0 spiro atoms. The molecule has 9 nitrogen and oxygen atoms in total. The quantitative estimate of drug-likeness (QED) is 0.0212. The number of quaternary nitrogens is 1. The average molecular weight is 1050 g/mol. The van der Waals surface area contributed by atoms with Crippen LogP contribution in [0.5, 0.6) is 0 Å². The molecule has 1 amide bonds.